The van der Waals surface area contributed by atoms with Gasteiger partial charge in [0.25, 0.3) is 11.5 Å². The van der Waals surface area contributed by atoms with Crippen LogP contribution >= 0.6 is 0 Å². The number of benzene rings is 3. The number of fused-ring (bicyclic) bond motifs is 3. The van der Waals surface area contributed by atoms with Crippen molar-refractivity contribution >= 4 is 44.8 Å². The second-order valence-corrected chi connectivity index (χ2v) is 9.54. The topological polar surface area (TPSA) is 109 Å². The third kappa shape index (κ3) is 5.51. The van der Waals surface area contributed by atoms with Crippen molar-refractivity contribution in [1.29, 1.82) is 0 Å². The molecule has 1 fully saturated rings. The summed E-state index contributed by atoms with van der Waals surface area (Å²) in [6.07, 6.45) is 1.66. The Morgan fingerprint density at radius 2 is 1.70 bits per heavy atom. The molecule has 40 heavy (non-hydrogen) atoms. The van der Waals surface area contributed by atoms with E-state index >= 15 is 0 Å². The summed E-state index contributed by atoms with van der Waals surface area (Å²) >= 11 is 0. The number of anilines is 3. The molecule has 0 aliphatic carbocycles. The van der Waals surface area contributed by atoms with E-state index in [9.17, 15) is 9.59 Å². The molecule has 0 atom stereocenters. The Labute approximate surface area is 230 Å². The summed E-state index contributed by atoms with van der Waals surface area (Å²) in [6, 6.07) is 24.1. The lowest BCUT2D eigenvalue weighted by Gasteiger charge is -2.26. The summed E-state index contributed by atoms with van der Waals surface area (Å²) in [7, 11) is 0. The summed E-state index contributed by atoms with van der Waals surface area (Å²) in [4.78, 5) is 35.2. The number of hydrogen-bond acceptors (Lipinski definition) is 7. The van der Waals surface area contributed by atoms with E-state index in [1.165, 1.54) is 0 Å². The molecule has 6 rings (SSSR count). The van der Waals surface area contributed by atoms with E-state index in [1.54, 1.807) is 18.3 Å². The highest BCUT2D eigenvalue weighted by Crippen LogP contribution is 2.33. The van der Waals surface area contributed by atoms with Crippen molar-refractivity contribution in [2.24, 2.45) is 0 Å². The van der Waals surface area contributed by atoms with Gasteiger partial charge in [0.1, 0.15) is 18.0 Å². The molecule has 3 aromatic carbocycles. The Kier molecular flexibility index (Phi) is 7.39. The highest BCUT2D eigenvalue weighted by molar-refractivity contribution is 6.12. The van der Waals surface area contributed by atoms with Crippen molar-refractivity contribution < 1.29 is 14.3 Å². The van der Waals surface area contributed by atoms with Crippen LogP contribution < -0.4 is 20.9 Å². The number of carbonyl (C=O) groups is 1. The Hall–Kier alpha value is -4.73. The van der Waals surface area contributed by atoms with Crippen LogP contribution in [0.15, 0.2) is 89.9 Å². The third-order valence-corrected chi connectivity index (χ3v) is 6.93. The van der Waals surface area contributed by atoms with Gasteiger partial charge in [-0.1, -0.05) is 30.3 Å². The second kappa shape index (κ2) is 11.6. The molecular weight excluding hydrogens is 506 g/mol. The van der Waals surface area contributed by atoms with Crippen LogP contribution in [0.3, 0.4) is 0 Å². The minimum Gasteiger partial charge on any atom is -0.491 e. The molecular formula is C31H29N5O4. The van der Waals surface area contributed by atoms with Gasteiger partial charge in [-0.15, -0.1) is 0 Å². The van der Waals surface area contributed by atoms with Gasteiger partial charge in [0.05, 0.1) is 24.3 Å². The van der Waals surface area contributed by atoms with Crippen LogP contribution in [0.25, 0.3) is 21.8 Å². The highest BCUT2D eigenvalue weighted by Gasteiger charge is 2.16. The molecule has 2 aromatic heterocycles. The maximum Gasteiger partial charge on any atom is 0.261 e. The number of aromatic nitrogens is 2. The molecule has 1 saturated heterocycles. The van der Waals surface area contributed by atoms with E-state index in [2.05, 4.69) is 25.5 Å². The predicted octanol–water partition coefficient (Wildman–Crippen LogP) is 4.78. The molecule has 1 aliphatic heterocycles. The van der Waals surface area contributed by atoms with Crippen LogP contribution in [0.1, 0.15) is 10.4 Å². The normalized spacial score (nSPS) is 13.8. The molecule has 3 heterocycles. The molecule has 1 amide bonds. The van der Waals surface area contributed by atoms with Gasteiger partial charge in [0.15, 0.2) is 0 Å². The number of amides is 1. The number of aromatic amines is 1. The van der Waals surface area contributed by atoms with E-state index < -0.39 is 0 Å². The average molecular weight is 536 g/mol. The standard InChI is InChI=1S/C31H29N5O4/c37-30(21-5-2-1-3-6-21)34-23-11-9-22(10-12-23)33-25-13-14-32-29-27(25)24-7-4-8-26(28(24)31(38)35-29)40-20-17-36-15-18-39-19-16-36/h1-14H,15-20H2,(H,34,37)(H2,32,33,35,38). The minimum atomic E-state index is -0.243. The fraction of sp³-hybridized carbons (Fsp3) is 0.194. The molecule has 3 N–H and O–H groups in total. The first-order chi connectivity index (χ1) is 19.7. The number of morpholine rings is 1. The lowest BCUT2D eigenvalue weighted by atomic mass is 10.1. The Balaban J connectivity index is 1.25. The number of hydrogen-bond donors (Lipinski definition) is 3. The van der Waals surface area contributed by atoms with Gasteiger partial charge >= 0.3 is 0 Å². The quantitative estimate of drug-likeness (QED) is 0.245. The van der Waals surface area contributed by atoms with Crippen molar-refractivity contribution in [3.05, 3.63) is 101 Å². The molecule has 0 spiro atoms. The van der Waals surface area contributed by atoms with Crippen molar-refractivity contribution in [3.63, 3.8) is 0 Å². The SMILES string of the molecule is O=C(Nc1ccc(Nc2ccnc3[nH]c(=O)c4c(OCCN5CCOCC5)cccc4c23)cc1)c1ccccc1. The molecule has 0 bridgehead atoms. The number of carbonyl (C=O) groups excluding carboxylic acids is 1. The summed E-state index contributed by atoms with van der Waals surface area (Å²) in [5, 5.41) is 8.39. The third-order valence-electron chi connectivity index (χ3n) is 6.93. The Morgan fingerprint density at radius 1 is 0.925 bits per heavy atom. The lowest BCUT2D eigenvalue weighted by Crippen LogP contribution is -2.38. The minimum absolute atomic E-state index is 0.167. The molecule has 9 heteroatoms. The van der Waals surface area contributed by atoms with Crippen molar-refractivity contribution in [1.82, 2.24) is 14.9 Å². The zero-order chi connectivity index (χ0) is 27.3. The van der Waals surface area contributed by atoms with Crippen LogP contribution in [0.5, 0.6) is 5.75 Å². The van der Waals surface area contributed by atoms with E-state index in [0.717, 1.165) is 55.0 Å². The van der Waals surface area contributed by atoms with Crippen molar-refractivity contribution in [3.8, 4) is 5.75 Å². The van der Waals surface area contributed by atoms with E-state index in [4.69, 9.17) is 9.47 Å². The fourth-order valence-corrected chi connectivity index (χ4v) is 4.89. The number of H-pyrrole nitrogens is 1. The van der Waals surface area contributed by atoms with Crippen LogP contribution in [0, 0.1) is 0 Å². The second-order valence-electron chi connectivity index (χ2n) is 9.54. The first kappa shape index (κ1) is 25.5. The lowest BCUT2D eigenvalue weighted by molar-refractivity contribution is 0.0323. The van der Waals surface area contributed by atoms with Gasteiger partial charge < -0.3 is 25.1 Å². The number of pyridine rings is 2. The van der Waals surface area contributed by atoms with Gasteiger partial charge in [-0.2, -0.15) is 0 Å². The first-order valence-electron chi connectivity index (χ1n) is 13.3. The summed E-state index contributed by atoms with van der Waals surface area (Å²) in [5.41, 5.74) is 3.14. The number of rotatable bonds is 8. The Morgan fingerprint density at radius 3 is 2.50 bits per heavy atom. The number of ether oxygens (including phenoxy) is 2. The molecule has 0 radical (unpaired) electrons. The number of nitrogens with one attached hydrogen (secondary N) is 3. The van der Waals surface area contributed by atoms with Gasteiger partial charge in [0, 0.05) is 53.5 Å². The summed E-state index contributed by atoms with van der Waals surface area (Å²) in [6.45, 7) is 4.46. The maximum atomic E-state index is 13.1. The predicted molar refractivity (Wildman–Crippen MR) is 157 cm³/mol. The smallest absolute Gasteiger partial charge is 0.261 e. The highest BCUT2D eigenvalue weighted by atomic mass is 16.5. The maximum absolute atomic E-state index is 13.1. The van der Waals surface area contributed by atoms with E-state index in [-0.39, 0.29) is 11.5 Å². The zero-order valence-electron chi connectivity index (χ0n) is 21.9. The van der Waals surface area contributed by atoms with Crippen LogP contribution in [-0.4, -0.2) is 60.2 Å². The fourth-order valence-electron chi connectivity index (χ4n) is 4.89. The van der Waals surface area contributed by atoms with E-state index in [0.29, 0.717) is 34.6 Å². The van der Waals surface area contributed by atoms with E-state index in [1.807, 2.05) is 66.7 Å². The molecule has 0 unspecified atom stereocenters. The first-order valence-corrected chi connectivity index (χ1v) is 13.3. The summed E-state index contributed by atoms with van der Waals surface area (Å²) < 4.78 is 11.5. The van der Waals surface area contributed by atoms with Crippen LogP contribution in [-0.2, 0) is 4.74 Å². The summed E-state index contributed by atoms with van der Waals surface area (Å²) in [5.74, 6) is 0.377. The molecule has 202 valence electrons. The zero-order valence-corrected chi connectivity index (χ0v) is 21.9. The average Bonchev–Trinajstić information content (AvgIpc) is 2.99. The molecule has 0 saturated carbocycles. The van der Waals surface area contributed by atoms with Gasteiger partial charge in [-0.25, -0.2) is 4.98 Å². The van der Waals surface area contributed by atoms with Gasteiger partial charge in [-0.05, 0) is 48.5 Å². The van der Waals surface area contributed by atoms with Crippen LogP contribution in [0.2, 0.25) is 0 Å². The Bertz CT molecular complexity index is 1700. The van der Waals surface area contributed by atoms with Gasteiger partial charge in [0.2, 0.25) is 0 Å². The largest absolute Gasteiger partial charge is 0.491 e. The molecule has 9 nitrogen and oxygen atoms in total. The number of nitrogens with zero attached hydrogens (tertiary/aromatic N) is 2. The van der Waals surface area contributed by atoms with Gasteiger partial charge in [-0.3, -0.25) is 14.5 Å². The van der Waals surface area contributed by atoms with Crippen molar-refractivity contribution in [2.75, 3.05) is 50.1 Å². The van der Waals surface area contributed by atoms with Crippen LogP contribution in [0.4, 0.5) is 17.1 Å². The van der Waals surface area contributed by atoms with Crippen molar-refractivity contribution in [2.45, 2.75) is 0 Å². The monoisotopic (exact) mass is 535 g/mol. The molecule has 1 aliphatic rings. The molecule has 5 aromatic rings.